The average molecular weight is 328 g/mol. The molecule has 4 heteroatoms. The van der Waals surface area contributed by atoms with Crippen molar-refractivity contribution >= 4 is 11.3 Å². The Kier molecular flexibility index (Phi) is 3.94. The van der Waals surface area contributed by atoms with Crippen LogP contribution in [0.5, 0.6) is 0 Å². The summed E-state index contributed by atoms with van der Waals surface area (Å²) in [4.78, 5) is 8.94. The smallest absolute Gasteiger partial charge is 0.137 e. The largest absolute Gasteiger partial charge is 0.378 e. The zero-order valence-corrected chi connectivity index (χ0v) is 14.3. The summed E-state index contributed by atoms with van der Waals surface area (Å²) in [5.41, 5.74) is 6.49. The highest BCUT2D eigenvalue weighted by molar-refractivity contribution is 5.65. The van der Waals surface area contributed by atoms with Gasteiger partial charge in [0.25, 0.3) is 0 Å². The summed E-state index contributed by atoms with van der Waals surface area (Å²) in [6.45, 7) is 4.21. The van der Waals surface area contributed by atoms with Crippen molar-refractivity contribution in [2.75, 3.05) is 5.32 Å². The van der Waals surface area contributed by atoms with Gasteiger partial charge in [-0.05, 0) is 49.2 Å². The third-order valence-electron chi connectivity index (χ3n) is 4.32. The third-order valence-corrected chi connectivity index (χ3v) is 4.32. The highest BCUT2D eigenvalue weighted by atomic mass is 15.0. The van der Waals surface area contributed by atoms with Gasteiger partial charge in [0.05, 0.1) is 11.7 Å². The van der Waals surface area contributed by atoms with Crippen LogP contribution in [-0.4, -0.2) is 14.4 Å². The molecule has 4 rings (SSSR count). The molecule has 25 heavy (non-hydrogen) atoms. The number of anilines is 1. The van der Waals surface area contributed by atoms with Crippen LogP contribution in [0.4, 0.5) is 5.69 Å². The number of fused-ring (bicyclic) bond motifs is 1. The Balaban J connectivity index is 1.53. The van der Waals surface area contributed by atoms with E-state index in [9.17, 15) is 0 Å². The molecule has 1 atom stereocenters. The maximum Gasteiger partial charge on any atom is 0.137 e. The van der Waals surface area contributed by atoms with E-state index in [-0.39, 0.29) is 6.04 Å². The zero-order chi connectivity index (χ0) is 17.2. The Bertz CT molecular complexity index is 969. The van der Waals surface area contributed by atoms with Crippen molar-refractivity contribution in [1.29, 1.82) is 0 Å². The van der Waals surface area contributed by atoms with Gasteiger partial charge >= 0.3 is 0 Å². The van der Waals surface area contributed by atoms with Crippen molar-refractivity contribution < 1.29 is 0 Å². The van der Waals surface area contributed by atoms with Crippen LogP contribution >= 0.6 is 0 Å². The normalized spacial score (nSPS) is 12.2. The number of aromatic nitrogens is 3. The van der Waals surface area contributed by atoms with Crippen molar-refractivity contribution in [2.45, 2.75) is 19.9 Å². The first-order valence-corrected chi connectivity index (χ1v) is 8.41. The molecule has 0 saturated heterocycles. The van der Waals surface area contributed by atoms with E-state index in [4.69, 9.17) is 0 Å². The first-order chi connectivity index (χ1) is 12.2. The molecule has 0 radical (unpaired) electrons. The van der Waals surface area contributed by atoms with E-state index in [0.29, 0.717) is 0 Å². The Morgan fingerprint density at radius 1 is 1.04 bits per heavy atom. The number of aryl methyl sites for hydroxylation is 1. The Morgan fingerprint density at radius 2 is 1.88 bits per heavy atom. The van der Waals surface area contributed by atoms with E-state index >= 15 is 0 Å². The molecule has 3 heterocycles. The van der Waals surface area contributed by atoms with Crippen molar-refractivity contribution in [3.63, 3.8) is 0 Å². The number of rotatable bonds is 4. The van der Waals surface area contributed by atoms with E-state index < -0.39 is 0 Å². The van der Waals surface area contributed by atoms with Gasteiger partial charge in [-0.3, -0.25) is 4.98 Å². The lowest BCUT2D eigenvalue weighted by Crippen LogP contribution is -2.07. The van der Waals surface area contributed by atoms with Crippen molar-refractivity contribution in [2.24, 2.45) is 0 Å². The van der Waals surface area contributed by atoms with Gasteiger partial charge < -0.3 is 9.72 Å². The van der Waals surface area contributed by atoms with Gasteiger partial charge in [0, 0.05) is 36.0 Å². The summed E-state index contributed by atoms with van der Waals surface area (Å²) in [6, 6.07) is 16.8. The van der Waals surface area contributed by atoms with Crippen LogP contribution in [0.2, 0.25) is 0 Å². The second-order valence-corrected chi connectivity index (χ2v) is 6.33. The number of nitrogens with zero attached hydrogens (tertiary/aromatic N) is 3. The second-order valence-electron chi connectivity index (χ2n) is 6.33. The van der Waals surface area contributed by atoms with Gasteiger partial charge in [-0.25, -0.2) is 4.98 Å². The summed E-state index contributed by atoms with van der Waals surface area (Å²) in [6.07, 6.45) is 7.85. The van der Waals surface area contributed by atoms with E-state index in [1.54, 1.807) is 0 Å². The molecule has 0 aliphatic carbocycles. The maximum atomic E-state index is 4.67. The predicted octanol–water partition coefficient (Wildman–Crippen LogP) is 4.88. The Morgan fingerprint density at radius 3 is 2.64 bits per heavy atom. The van der Waals surface area contributed by atoms with Crippen LogP contribution in [0, 0.1) is 6.92 Å². The minimum atomic E-state index is 0.202. The number of benzene rings is 1. The van der Waals surface area contributed by atoms with Crippen LogP contribution < -0.4 is 5.32 Å². The lowest BCUT2D eigenvalue weighted by Gasteiger charge is -2.16. The SMILES string of the molecule is Cc1cncc(C(C)Nc2ccc(-c3cn4ccccc4n3)cc2)c1. The molecular formula is C21H20N4. The number of nitrogens with one attached hydrogen (secondary N) is 1. The highest BCUT2D eigenvalue weighted by Gasteiger charge is 2.07. The quantitative estimate of drug-likeness (QED) is 0.580. The lowest BCUT2D eigenvalue weighted by atomic mass is 10.1. The predicted molar refractivity (Wildman–Crippen MR) is 102 cm³/mol. The Labute approximate surface area is 147 Å². The molecule has 0 bridgehead atoms. The molecule has 0 spiro atoms. The van der Waals surface area contributed by atoms with Crippen LogP contribution in [0.3, 0.4) is 0 Å². The number of hydrogen-bond acceptors (Lipinski definition) is 3. The minimum Gasteiger partial charge on any atom is -0.378 e. The molecule has 4 nitrogen and oxygen atoms in total. The molecule has 0 saturated carbocycles. The topological polar surface area (TPSA) is 42.2 Å². The number of imidazole rings is 1. The van der Waals surface area contributed by atoms with Crippen molar-refractivity contribution in [3.8, 4) is 11.3 Å². The molecule has 0 amide bonds. The first kappa shape index (κ1) is 15.4. The van der Waals surface area contributed by atoms with Crippen molar-refractivity contribution in [1.82, 2.24) is 14.4 Å². The molecule has 0 aliphatic rings. The van der Waals surface area contributed by atoms with Gasteiger partial charge in [-0.2, -0.15) is 0 Å². The molecular weight excluding hydrogens is 308 g/mol. The summed E-state index contributed by atoms with van der Waals surface area (Å²) in [7, 11) is 0. The number of pyridine rings is 2. The lowest BCUT2D eigenvalue weighted by molar-refractivity contribution is 0.873. The molecule has 124 valence electrons. The van der Waals surface area contributed by atoms with Gasteiger partial charge in [0.2, 0.25) is 0 Å². The third kappa shape index (κ3) is 3.24. The summed E-state index contributed by atoms with van der Waals surface area (Å²) < 4.78 is 2.04. The van der Waals surface area contributed by atoms with Crippen molar-refractivity contribution in [3.05, 3.63) is 84.4 Å². The molecule has 0 fully saturated rings. The molecule has 0 aliphatic heterocycles. The van der Waals surface area contributed by atoms with Crippen LogP contribution in [0.15, 0.2) is 73.3 Å². The average Bonchev–Trinajstić information content (AvgIpc) is 3.06. The second kappa shape index (κ2) is 6.40. The molecule has 1 aromatic carbocycles. The molecule has 1 N–H and O–H groups in total. The summed E-state index contributed by atoms with van der Waals surface area (Å²) >= 11 is 0. The maximum absolute atomic E-state index is 4.67. The minimum absolute atomic E-state index is 0.202. The fraction of sp³-hybridized carbons (Fsp3) is 0.143. The standard InChI is InChI=1S/C21H20N4/c1-15-11-18(13-22-12-15)16(2)23-19-8-6-17(7-9-19)20-14-25-10-4-3-5-21(25)24-20/h3-14,16,23H,1-2H3. The monoisotopic (exact) mass is 328 g/mol. The van der Waals surface area contributed by atoms with E-state index in [1.807, 2.05) is 41.2 Å². The van der Waals surface area contributed by atoms with Gasteiger partial charge in [-0.1, -0.05) is 24.3 Å². The number of hydrogen-bond donors (Lipinski definition) is 1. The first-order valence-electron chi connectivity index (χ1n) is 8.41. The van der Waals surface area contributed by atoms with E-state index in [0.717, 1.165) is 22.6 Å². The van der Waals surface area contributed by atoms with Gasteiger partial charge in [0.1, 0.15) is 5.65 Å². The molecule has 1 unspecified atom stereocenters. The van der Waals surface area contributed by atoms with Crippen LogP contribution in [-0.2, 0) is 0 Å². The summed E-state index contributed by atoms with van der Waals surface area (Å²) in [5, 5.41) is 3.53. The van der Waals surface area contributed by atoms with E-state index in [2.05, 4.69) is 65.7 Å². The fourth-order valence-electron chi connectivity index (χ4n) is 2.96. The van der Waals surface area contributed by atoms with E-state index in [1.165, 1.54) is 11.1 Å². The van der Waals surface area contributed by atoms with Gasteiger partial charge in [-0.15, -0.1) is 0 Å². The molecule has 3 aromatic heterocycles. The zero-order valence-electron chi connectivity index (χ0n) is 14.3. The molecule has 4 aromatic rings. The Hall–Kier alpha value is -3.14. The van der Waals surface area contributed by atoms with Crippen LogP contribution in [0.1, 0.15) is 24.1 Å². The highest BCUT2D eigenvalue weighted by Crippen LogP contribution is 2.24. The van der Waals surface area contributed by atoms with Gasteiger partial charge in [0.15, 0.2) is 0 Å². The fourth-order valence-corrected chi connectivity index (χ4v) is 2.96. The summed E-state index contributed by atoms with van der Waals surface area (Å²) in [5.74, 6) is 0. The van der Waals surface area contributed by atoms with Crippen LogP contribution in [0.25, 0.3) is 16.9 Å².